The van der Waals surface area contributed by atoms with E-state index < -0.39 is 0 Å². The van der Waals surface area contributed by atoms with Crippen molar-refractivity contribution in [3.05, 3.63) is 23.8 Å². The van der Waals surface area contributed by atoms with E-state index >= 15 is 0 Å². The van der Waals surface area contributed by atoms with Crippen LogP contribution in [0.2, 0.25) is 0 Å². The molecule has 0 spiro atoms. The zero-order valence-corrected chi connectivity index (χ0v) is 17.1. The Morgan fingerprint density at radius 3 is 2.52 bits per heavy atom. The molecule has 1 aliphatic heterocycles. The highest BCUT2D eigenvalue weighted by Gasteiger charge is 2.20. The van der Waals surface area contributed by atoms with Crippen molar-refractivity contribution in [3.8, 4) is 0 Å². The van der Waals surface area contributed by atoms with Gasteiger partial charge < -0.3 is 15.5 Å². The van der Waals surface area contributed by atoms with Crippen LogP contribution in [-0.4, -0.2) is 41.4 Å². The number of piperidine rings is 1. The second kappa shape index (κ2) is 8.95. The Kier molecular flexibility index (Phi) is 7.20. The van der Waals surface area contributed by atoms with Crippen LogP contribution in [0.25, 0.3) is 0 Å². The maximum atomic E-state index is 12.3. The van der Waals surface area contributed by atoms with Gasteiger partial charge in [0.05, 0.1) is 0 Å². The molecule has 0 radical (unpaired) electrons. The summed E-state index contributed by atoms with van der Waals surface area (Å²) in [6.07, 6.45) is 3.27. The summed E-state index contributed by atoms with van der Waals surface area (Å²) in [5, 5.41) is 6.14. The molecule has 0 bridgehead atoms. The molecule has 2 rings (SSSR count). The number of nitrogens with zero attached hydrogens (tertiary/aromatic N) is 1. The highest BCUT2D eigenvalue weighted by molar-refractivity contribution is 8.00. The number of carbonyl (C=O) groups excluding carboxylic acids is 1. The highest BCUT2D eigenvalue weighted by Crippen LogP contribution is 2.33. The van der Waals surface area contributed by atoms with Crippen molar-refractivity contribution in [1.29, 1.82) is 0 Å². The van der Waals surface area contributed by atoms with Crippen LogP contribution >= 0.6 is 11.8 Å². The third-order valence-electron chi connectivity index (χ3n) is 4.33. The van der Waals surface area contributed by atoms with E-state index in [2.05, 4.69) is 55.4 Å². The quantitative estimate of drug-likeness (QED) is 0.733. The number of carbonyl (C=O) groups is 1. The maximum Gasteiger partial charge on any atom is 0.319 e. The first kappa shape index (κ1) is 20.1. The Hall–Kier alpha value is -1.20. The molecular weight excluding hydrogens is 330 g/mol. The molecule has 1 saturated heterocycles. The monoisotopic (exact) mass is 363 g/mol. The number of anilines is 1. The molecule has 0 aromatic heterocycles. The molecule has 2 N–H and O–H groups in total. The summed E-state index contributed by atoms with van der Waals surface area (Å²) in [6, 6.07) is 6.43. The molecule has 25 heavy (non-hydrogen) atoms. The Morgan fingerprint density at radius 1 is 1.28 bits per heavy atom. The lowest BCUT2D eigenvalue weighted by Gasteiger charge is -2.32. The van der Waals surface area contributed by atoms with Crippen molar-refractivity contribution in [3.63, 3.8) is 0 Å². The van der Waals surface area contributed by atoms with E-state index in [-0.39, 0.29) is 16.8 Å². The van der Waals surface area contributed by atoms with Gasteiger partial charge in [0.25, 0.3) is 0 Å². The van der Waals surface area contributed by atoms with Crippen molar-refractivity contribution < 1.29 is 4.79 Å². The molecule has 1 heterocycles. The molecule has 1 aromatic rings. The van der Waals surface area contributed by atoms with Gasteiger partial charge in [-0.1, -0.05) is 27.7 Å². The van der Waals surface area contributed by atoms with E-state index in [0.717, 1.165) is 43.7 Å². The zero-order valence-electron chi connectivity index (χ0n) is 16.3. The number of nitrogens with one attached hydrogen (secondary N) is 2. The summed E-state index contributed by atoms with van der Waals surface area (Å²) in [6.45, 7) is 14.2. The lowest BCUT2D eigenvalue weighted by Crippen LogP contribution is -2.46. The van der Waals surface area contributed by atoms with E-state index in [4.69, 9.17) is 0 Å². The van der Waals surface area contributed by atoms with Gasteiger partial charge in [-0.25, -0.2) is 4.79 Å². The van der Waals surface area contributed by atoms with E-state index in [1.165, 1.54) is 11.3 Å². The first-order chi connectivity index (χ1) is 11.8. The van der Waals surface area contributed by atoms with Crippen LogP contribution in [0.4, 0.5) is 10.5 Å². The SMILES string of the molecule is CCCN1CCC(NC(=O)Nc2ccc(SC(C)(C)C)cc2C)CC1. The fraction of sp³-hybridized carbons (Fsp3) is 0.650. The number of hydrogen-bond acceptors (Lipinski definition) is 3. The molecule has 0 aliphatic carbocycles. The smallest absolute Gasteiger partial charge is 0.319 e. The van der Waals surface area contributed by atoms with Crippen LogP contribution < -0.4 is 10.6 Å². The second-order valence-corrected chi connectivity index (χ2v) is 9.81. The third kappa shape index (κ3) is 6.90. The second-order valence-electron chi connectivity index (χ2n) is 7.91. The minimum absolute atomic E-state index is 0.0896. The third-order valence-corrected chi connectivity index (χ3v) is 5.43. The van der Waals surface area contributed by atoms with E-state index in [1.807, 2.05) is 24.8 Å². The fourth-order valence-corrected chi connectivity index (χ4v) is 4.23. The summed E-state index contributed by atoms with van der Waals surface area (Å²) in [4.78, 5) is 16.0. The van der Waals surface area contributed by atoms with Crippen molar-refractivity contribution in [2.24, 2.45) is 0 Å². The summed E-state index contributed by atoms with van der Waals surface area (Å²) in [5.41, 5.74) is 1.99. The number of urea groups is 1. The van der Waals surface area contributed by atoms with Gasteiger partial charge in [-0.2, -0.15) is 0 Å². The standard InChI is InChI=1S/C20H33N3OS/c1-6-11-23-12-9-16(10-13-23)21-19(24)22-18-8-7-17(14-15(18)2)25-20(3,4)5/h7-8,14,16H,6,9-13H2,1-5H3,(H2,21,22,24). The lowest BCUT2D eigenvalue weighted by atomic mass is 10.1. The van der Waals surface area contributed by atoms with Crippen molar-refractivity contribution in [2.75, 3.05) is 25.0 Å². The number of thioether (sulfide) groups is 1. The topological polar surface area (TPSA) is 44.4 Å². The normalized spacial score (nSPS) is 16.7. The summed E-state index contributed by atoms with van der Waals surface area (Å²) >= 11 is 1.84. The van der Waals surface area contributed by atoms with E-state index in [0.29, 0.717) is 0 Å². The molecule has 4 nitrogen and oxygen atoms in total. The van der Waals surface area contributed by atoms with Crippen LogP contribution in [0.15, 0.2) is 23.1 Å². The number of amides is 2. The lowest BCUT2D eigenvalue weighted by molar-refractivity contribution is 0.196. The molecule has 5 heteroatoms. The van der Waals surface area contributed by atoms with Gasteiger partial charge in [-0.3, -0.25) is 0 Å². The first-order valence-corrected chi connectivity index (χ1v) is 10.2. The number of hydrogen-bond donors (Lipinski definition) is 2. The summed E-state index contributed by atoms with van der Waals surface area (Å²) in [7, 11) is 0. The molecule has 140 valence electrons. The predicted molar refractivity (Wildman–Crippen MR) is 109 cm³/mol. The van der Waals surface area contributed by atoms with Gasteiger partial charge in [0.2, 0.25) is 0 Å². The predicted octanol–water partition coefficient (Wildman–Crippen LogP) is 4.88. The van der Waals surface area contributed by atoms with Gasteiger partial charge in [0.1, 0.15) is 0 Å². The van der Waals surface area contributed by atoms with E-state index in [1.54, 1.807) is 0 Å². The van der Waals surface area contributed by atoms with Crippen molar-refractivity contribution in [1.82, 2.24) is 10.2 Å². The van der Waals surface area contributed by atoms with Crippen LogP contribution in [-0.2, 0) is 0 Å². The molecule has 2 amide bonds. The number of aryl methyl sites for hydroxylation is 1. The molecular formula is C20H33N3OS. The fourth-order valence-electron chi connectivity index (χ4n) is 3.15. The summed E-state index contributed by atoms with van der Waals surface area (Å²) < 4.78 is 0.186. The molecule has 1 aromatic carbocycles. The van der Waals surface area contributed by atoms with Gasteiger partial charge in [-0.05, 0) is 56.5 Å². The number of rotatable bonds is 5. The average Bonchev–Trinajstić information content (AvgIpc) is 2.51. The first-order valence-electron chi connectivity index (χ1n) is 9.36. The maximum absolute atomic E-state index is 12.3. The Balaban J connectivity index is 1.84. The highest BCUT2D eigenvalue weighted by atomic mass is 32.2. The van der Waals surface area contributed by atoms with Crippen LogP contribution in [0.3, 0.4) is 0 Å². The molecule has 1 fully saturated rings. The van der Waals surface area contributed by atoms with Gasteiger partial charge in [0, 0.05) is 34.5 Å². The van der Waals surface area contributed by atoms with Gasteiger partial charge in [-0.15, -0.1) is 11.8 Å². The molecule has 0 unspecified atom stereocenters. The molecule has 1 aliphatic rings. The van der Waals surface area contributed by atoms with Crippen molar-refractivity contribution in [2.45, 2.75) is 69.6 Å². The summed E-state index contributed by atoms with van der Waals surface area (Å²) in [5.74, 6) is 0. The van der Waals surface area contributed by atoms with Crippen LogP contribution in [0.1, 0.15) is 52.5 Å². The zero-order chi connectivity index (χ0) is 18.4. The molecule has 0 saturated carbocycles. The van der Waals surface area contributed by atoms with Crippen molar-refractivity contribution >= 4 is 23.5 Å². The minimum Gasteiger partial charge on any atom is -0.335 e. The minimum atomic E-state index is -0.0896. The number of likely N-dealkylation sites (tertiary alicyclic amines) is 1. The Morgan fingerprint density at radius 2 is 1.96 bits per heavy atom. The Labute approximate surface area is 157 Å². The van der Waals surface area contributed by atoms with Gasteiger partial charge in [0.15, 0.2) is 0 Å². The average molecular weight is 364 g/mol. The molecule has 0 atom stereocenters. The largest absolute Gasteiger partial charge is 0.335 e. The van der Waals surface area contributed by atoms with Crippen LogP contribution in [0.5, 0.6) is 0 Å². The van der Waals surface area contributed by atoms with Crippen LogP contribution in [0, 0.1) is 6.92 Å². The van der Waals surface area contributed by atoms with E-state index in [9.17, 15) is 4.79 Å². The van der Waals surface area contributed by atoms with Gasteiger partial charge >= 0.3 is 6.03 Å². The number of benzene rings is 1. The Bertz CT molecular complexity index is 575.